The normalized spacial score (nSPS) is 11.1. The van der Waals surface area contributed by atoms with Crippen molar-refractivity contribution in [2.24, 2.45) is 0 Å². The highest BCUT2D eigenvalue weighted by molar-refractivity contribution is 6.07. The fraction of sp³-hybridized carbons (Fsp3) is 0.333. The molecule has 0 aliphatic carbocycles. The fourth-order valence-corrected chi connectivity index (χ4v) is 3.04. The van der Waals surface area contributed by atoms with Gasteiger partial charge < -0.3 is 15.2 Å². The minimum absolute atomic E-state index is 0.119. The number of carbonyl (C=O) groups is 2. The molecule has 2 amide bonds. The quantitative estimate of drug-likeness (QED) is 0.704. The van der Waals surface area contributed by atoms with E-state index in [1.165, 1.54) is 0 Å². The lowest BCUT2D eigenvalue weighted by atomic mass is 10.0. The molecule has 0 saturated carbocycles. The number of aryl methyl sites for hydroxylation is 3. The summed E-state index contributed by atoms with van der Waals surface area (Å²) in [5, 5.41) is 10.0. The second kappa shape index (κ2) is 7.80. The Bertz CT molecular complexity index is 1030. The second-order valence-electron chi connectivity index (χ2n) is 7.20. The number of aromatic nitrogens is 2. The summed E-state index contributed by atoms with van der Waals surface area (Å²) < 4.78 is 5.24. The van der Waals surface area contributed by atoms with Crippen LogP contribution < -0.4 is 10.6 Å². The first-order chi connectivity index (χ1) is 13.3. The zero-order valence-corrected chi connectivity index (χ0v) is 16.7. The molecule has 2 N–H and O–H groups in total. The van der Waals surface area contributed by atoms with Crippen LogP contribution in [0.15, 0.2) is 28.8 Å². The van der Waals surface area contributed by atoms with Crippen LogP contribution in [0, 0.1) is 20.8 Å². The van der Waals surface area contributed by atoms with Gasteiger partial charge in [-0.15, -0.1) is 0 Å². The standard InChI is InChI=1S/C21H24N4O3/c1-11(2)16-9-15(18-14(5)25-28-21(18)23-16)20(27)22-10-17(26)24-19-12(3)7-6-8-13(19)4/h6-9,11H,10H2,1-5H3,(H,22,27)(H,24,26). The molecule has 2 aromatic heterocycles. The largest absolute Gasteiger partial charge is 0.343 e. The first kappa shape index (κ1) is 19.5. The Balaban J connectivity index is 1.78. The maximum Gasteiger partial charge on any atom is 0.259 e. The molecule has 146 valence electrons. The van der Waals surface area contributed by atoms with Gasteiger partial charge in [-0.25, -0.2) is 4.98 Å². The summed E-state index contributed by atoms with van der Waals surface area (Å²) in [5.41, 5.74) is 4.76. The molecule has 0 bridgehead atoms. The van der Waals surface area contributed by atoms with E-state index >= 15 is 0 Å². The Morgan fingerprint density at radius 2 is 1.82 bits per heavy atom. The first-order valence-electron chi connectivity index (χ1n) is 9.19. The van der Waals surface area contributed by atoms with Gasteiger partial charge in [0.1, 0.15) is 0 Å². The van der Waals surface area contributed by atoms with E-state index in [-0.39, 0.29) is 24.3 Å². The molecular formula is C21H24N4O3. The molecule has 3 rings (SSSR count). The van der Waals surface area contributed by atoms with Crippen LogP contribution in [-0.4, -0.2) is 28.5 Å². The lowest BCUT2D eigenvalue weighted by Crippen LogP contribution is -2.33. The lowest BCUT2D eigenvalue weighted by molar-refractivity contribution is -0.115. The van der Waals surface area contributed by atoms with Crippen LogP contribution >= 0.6 is 0 Å². The highest BCUT2D eigenvalue weighted by Crippen LogP contribution is 2.25. The summed E-state index contributed by atoms with van der Waals surface area (Å²) >= 11 is 0. The first-order valence-corrected chi connectivity index (χ1v) is 9.19. The summed E-state index contributed by atoms with van der Waals surface area (Å²) in [7, 11) is 0. The molecule has 7 nitrogen and oxygen atoms in total. The van der Waals surface area contributed by atoms with E-state index < -0.39 is 0 Å². The maximum absolute atomic E-state index is 12.8. The van der Waals surface area contributed by atoms with Crippen molar-refractivity contribution in [1.82, 2.24) is 15.5 Å². The average molecular weight is 380 g/mol. The van der Waals surface area contributed by atoms with E-state index in [4.69, 9.17) is 4.52 Å². The number of rotatable bonds is 5. The highest BCUT2D eigenvalue weighted by atomic mass is 16.5. The van der Waals surface area contributed by atoms with Crippen LogP contribution in [0.3, 0.4) is 0 Å². The molecule has 0 saturated heterocycles. The number of benzene rings is 1. The van der Waals surface area contributed by atoms with Gasteiger partial charge in [-0.2, -0.15) is 0 Å². The van der Waals surface area contributed by atoms with Crippen LogP contribution in [-0.2, 0) is 4.79 Å². The van der Waals surface area contributed by atoms with Crippen molar-refractivity contribution in [2.75, 3.05) is 11.9 Å². The third kappa shape index (κ3) is 3.88. The number of fused-ring (bicyclic) bond motifs is 1. The number of hydrogen-bond acceptors (Lipinski definition) is 5. The summed E-state index contributed by atoms with van der Waals surface area (Å²) in [4.78, 5) is 29.5. The number of hydrogen-bond donors (Lipinski definition) is 2. The summed E-state index contributed by atoms with van der Waals surface area (Å²) in [5.74, 6) is -0.534. The van der Waals surface area contributed by atoms with Crippen LogP contribution in [0.2, 0.25) is 0 Å². The van der Waals surface area contributed by atoms with E-state index in [0.29, 0.717) is 22.4 Å². The third-order valence-corrected chi connectivity index (χ3v) is 4.63. The van der Waals surface area contributed by atoms with Crippen LogP contribution in [0.4, 0.5) is 5.69 Å². The van der Waals surface area contributed by atoms with Crippen LogP contribution in [0.5, 0.6) is 0 Å². The van der Waals surface area contributed by atoms with E-state index in [2.05, 4.69) is 20.8 Å². The Morgan fingerprint density at radius 3 is 2.46 bits per heavy atom. The molecule has 0 fully saturated rings. The van der Waals surface area contributed by atoms with Crippen molar-refractivity contribution in [3.63, 3.8) is 0 Å². The molecule has 0 atom stereocenters. The zero-order chi connectivity index (χ0) is 20.4. The van der Waals surface area contributed by atoms with Crippen LogP contribution in [0.1, 0.15) is 52.6 Å². The molecule has 0 aliphatic rings. The van der Waals surface area contributed by atoms with Gasteiger partial charge in [0.2, 0.25) is 5.91 Å². The molecule has 0 unspecified atom stereocenters. The van der Waals surface area contributed by atoms with Gasteiger partial charge in [-0.05, 0) is 43.9 Å². The van der Waals surface area contributed by atoms with Gasteiger partial charge in [0, 0.05) is 11.4 Å². The Hall–Kier alpha value is -3.22. The monoisotopic (exact) mass is 380 g/mol. The van der Waals surface area contributed by atoms with E-state index in [1.807, 2.05) is 45.9 Å². The van der Waals surface area contributed by atoms with Crippen molar-refractivity contribution in [1.29, 1.82) is 0 Å². The summed E-state index contributed by atoms with van der Waals surface area (Å²) in [6, 6.07) is 7.52. The van der Waals surface area contributed by atoms with E-state index in [0.717, 1.165) is 22.5 Å². The van der Waals surface area contributed by atoms with Crippen molar-refractivity contribution in [2.45, 2.75) is 40.5 Å². The van der Waals surface area contributed by atoms with Gasteiger partial charge in [0.25, 0.3) is 11.6 Å². The predicted octanol–water partition coefficient (Wildman–Crippen LogP) is 3.64. The minimum Gasteiger partial charge on any atom is -0.343 e. The Labute approximate surface area is 163 Å². The van der Waals surface area contributed by atoms with Crippen LogP contribution in [0.25, 0.3) is 11.1 Å². The molecule has 7 heteroatoms. The molecular weight excluding hydrogens is 356 g/mol. The fourth-order valence-electron chi connectivity index (χ4n) is 3.04. The van der Waals surface area contributed by atoms with Crippen molar-refractivity contribution < 1.29 is 14.1 Å². The molecule has 0 aliphatic heterocycles. The predicted molar refractivity (Wildman–Crippen MR) is 108 cm³/mol. The number of carbonyl (C=O) groups excluding carboxylic acids is 2. The minimum atomic E-state index is -0.364. The van der Waals surface area contributed by atoms with E-state index in [9.17, 15) is 9.59 Å². The molecule has 1 aromatic carbocycles. The highest BCUT2D eigenvalue weighted by Gasteiger charge is 2.20. The Morgan fingerprint density at radius 1 is 1.14 bits per heavy atom. The average Bonchev–Trinajstić information content (AvgIpc) is 3.03. The number of anilines is 1. The van der Waals surface area contributed by atoms with Crippen molar-refractivity contribution >= 4 is 28.6 Å². The number of nitrogens with one attached hydrogen (secondary N) is 2. The number of amides is 2. The smallest absolute Gasteiger partial charge is 0.259 e. The number of para-hydroxylation sites is 1. The molecule has 3 aromatic rings. The number of nitrogens with zero attached hydrogens (tertiary/aromatic N) is 2. The Kier molecular flexibility index (Phi) is 5.44. The second-order valence-corrected chi connectivity index (χ2v) is 7.20. The van der Waals surface area contributed by atoms with Crippen molar-refractivity contribution in [3.05, 3.63) is 52.3 Å². The summed E-state index contributed by atoms with van der Waals surface area (Å²) in [6.45, 7) is 9.44. The van der Waals surface area contributed by atoms with Gasteiger partial charge in [0.15, 0.2) is 0 Å². The molecule has 0 radical (unpaired) electrons. The lowest BCUT2D eigenvalue weighted by Gasteiger charge is -2.12. The van der Waals surface area contributed by atoms with Gasteiger partial charge in [-0.3, -0.25) is 9.59 Å². The molecule has 2 heterocycles. The van der Waals surface area contributed by atoms with Gasteiger partial charge in [0.05, 0.1) is 23.2 Å². The zero-order valence-electron chi connectivity index (χ0n) is 16.7. The topological polar surface area (TPSA) is 97.1 Å². The maximum atomic E-state index is 12.8. The van der Waals surface area contributed by atoms with E-state index in [1.54, 1.807) is 13.0 Å². The SMILES string of the molecule is Cc1cccc(C)c1NC(=O)CNC(=O)c1cc(C(C)C)nc2onc(C)c12. The summed E-state index contributed by atoms with van der Waals surface area (Å²) in [6.07, 6.45) is 0. The van der Waals surface area contributed by atoms with Crippen molar-refractivity contribution in [3.8, 4) is 0 Å². The third-order valence-electron chi connectivity index (χ3n) is 4.63. The molecule has 0 spiro atoms. The van der Waals surface area contributed by atoms with Gasteiger partial charge in [-0.1, -0.05) is 37.2 Å². The number of pyridine rings is 1. The van der Waals surface area contributed by atoms with Gasteiger partial charge >= 0.3 is 0 Å². The molecule has 28 heavy (non-hydrogen) atoms.